The highest BCUT2D eigenvalue weighted by molar-refractivity contribution is 5.93. The molecule has 2 aromatic rings. The zero-order valence-electron chi connectivity index (χ0n) is 14.5. The number of anilines is 1. The van der Waals surface area contributed by atoms with E-state index in [0.717, 1.165) is 13.0 Å². The van der Waals surface area contributed by atoms with Gasteiger partial charge in [0.1, 0.15) is 5.75 Å². The molecule has 0 saturated heterocycles. The van der Waals surface area contributed by atoms with Crippen molar-refractivity contribution < 1.29 is 9.53 Å². The number of hydrogen-bond acceptors (Lipinski definition) is 4. The molecule has 0 fully saturated rings. The number of nitrogens with one attached hydrogen (secondary N) is 1. The Balaban J connectivity index is 1.84. The van der Waals surface area contributed by atoms with E-state index in [1.807, 2.05) is 62.2 Å². The van der Waals surface area contributed by atoms with Crippen LogP contribution in [0.3, 0.4) is 0 Å². The van der Waals surface area contributed by atoms with E-state index in [0.29, 0.717) is 18.0 Å². The maximum absolute atomic E-state index is 12.3. The minimum atomic E-state index is -0.0490. The topological polar surface area (TPSA) is 54.5 Å². The number of likely N-dealkylation sites (N-methyl/N-ethyl adjacent to an activating group) is 1. The Morgan fingerprint density at radius 3 is 2.62 bits per heavy atom. The second-order valence-corrected chi connectivity index (χ2v) is 6.05. The van der Waals surface area contributed by atoms with Gasteiger partial charge in [-0.15, -0.1) is 0 Å². The maximum Gasteiger partial charge on any atom is 0.238 e. The van der Waals surface area contributed by atoms with E-state index in [1.54, 1.807) is 12.4 Å². The second kappa shape index (κ2) is 9.03. The molecule has 0 aliphatic carbocycles. The van der Waals surface area contributed by atoms with Gasteiger partial charge in [-0.25, -0.2) is 0 Å². The van der Waals surface area contributed by atoms with E-state index < -0.39 is 0 Å². The lowest BCUT2D eigenvalue weighted by Crippen LogP contribution is -2.31. The number of benzene rings is 1. The first-order valence-corrected chi connectivity index (χ1v) is 8.17. The second-order valence-electron chi connectivity index (χ2n) is 6.05. The molecule has 128 valence electrons. The molecular formula is C19H25N3O2. The number of pyridine rings is 1. The number of hydrogen-bond donors (Lipinski definition) is 1. The molecular weight excluding hydrogens is 302 g/mol. The van der Waals surface area contributed by atoms with Crippen LogP contribution < -0.4 is 10.1 Å². The van der Waals surface area contributed by atoms with Crippen LogP contribution in [-0.2, 0) is 11.2 Å². The van der Waals surface area contributed by atoms with Crippen molar-refractivity contribution in [3.8, 4) is 5.75 Å². The molecule has 0 atom stereocenters. The Morgan fingerprint density at radius 1 is 1.21 bits per heavy atom. The number of aromatic nitrogens is 1. The molecule has 0 unspecified atom stereocenters. The molecule has 24 heavy (non-hydrogen) atoms. The third-order valence-corrected chi connectivity index (χ3v) is 3.47. The van der Waals surface area contributed by atoms with Crippen molar-refractivity contribution >= 4 is 11.6 Å². The van der Waals surface area contributed by atoms with Gasteiger partial charge >= 0.3 is 0 Å². The van der Waals surface area contributed by atoms with Crippen LogP contribution in [-0.4, -0.2) is 42.0 Å². The van der Waals surface area contributed by atoms with Crippen molar-refractivity contribution in [3.63, 3.8) is 0 Å². The van der Waals surface area contributed by atoms with Crippen LogP contribution >= 0.6 is 0 Å². The lowest BCUT2D eigenvalue weighted by atomic mass is 10.2. The summed E-state index contributed by atoms with van der Waals surface area (Å²) in [5, 5.41) is 2.93. The molecule has 5 nitrogen and oxygen atoms in total. The van der Waals surface area contributed by atoms with Crippen molar-refractivity contribution in [1.82, 2.24) is 9.88 Å². The third-order valence-electron chi connectivity index (χ3n) is 3.47. The number of amides is 1. The monoisotopic (exact) mass is 327 g/mol. The summed E-state index contributed by atoms with van der Waals surface area (Å²) in [6, 6.07) is 11.5. The Hall–Kier alpha value is -2.40. The first-order chi connectivity index (χ1) is 11.5. The summed E-state index contributed by atoms with van der Waals surface area (Å²) in [6.45, 7) is 5.07. The molecule has 5 heteroatoms. The predicted octanol–water partition coefficient (Wildman–Crippen LogP) is 2.98. The van der Waals surface area contributed by atoms with Gasteiger partial charge in [-0.05, 0) is 57.1 Å². The molecule has 1 aromatic heterocycles. The summed E-state index contributed by atoms with van der Waals surface area (Å²) in [4.78, 5) is 18.3. The van der Waals surface area contributed by atoms with E-state index >= 15 is 0 Å². The number of para-hydroxylation sites is 2. The zero-order valence-corrected chi connectivity index (χ0v) is 14.5. The van der Waals surface area contributed by atoms with Crippen LogP contribution in [0.25, 0.3) is 0 Å². The van der Waals surface area contributed by atoms with Crippen LogP contribution in [0.2, 0.25) is 0 Å². The molecule has 1 amide bonds. The van der Waals surface area contributed by atoms with Gasteiger partial charge in [0.25, 0.3) is 0 Å². The fraction of sp³-hybridized carbons (Fsp3) is 0.368. The Bertz CT molecular complexity index is 644. The largest absolute Gasteiger partial charge is 0.489 e. The highest BCUT2D eigenvalue weighted by atomic mass is 16.5. The summed E-state index contributed by atoms with van der Waals surface area (Å²) in [5.74, 6) is 0.646. The zero-order chi connectivity index (χ0) is 17.4. The predicted molar refractivity (Wildman–Crippen MR) is 96.3 cm³/mol. The Labute approximate surface area is 143 Å². The first-order valence-electron chi connectivity index (χ1n) is 8.17. The molecule has 1 N–H and O–H groups in total. The van der Waals surface area contributed by atoms with Gasteiger partial charge < -0.3 is 10.1 Å². The Morgan fingerprint density at radius 2 is 1.92 bits per heavy atom. The van der Waals surface area contributed by atoms with Crippen molar-refractivity contribution in [2.75, 3.05) is 25.5 Å². The fourth-order valence-electron chi connectivity index (χ4n) is 2.31. The van der Waals surface area contributed by atoms with Crippen molar-refractivity contribution in [1.29, 1.82) is 0 Å². The van der Waals surface area contributed by atoms with Crippen molar-refractivity contribution in [2.45, 2.75) is 26.4 Å². The van der Waals surface area contributed by atoms with Crippen LogP contribution in [0, 0.1) is 0 Å². The molecule has 0 saturated carbocycles. The van der Waals surface area contributed by atoms with Gasteiger partial charge in [-0.3, -0.25) is 14.7 Å². The van der Waals surface area contributed by atoms with E-state index in [4.69, 9.17) is 4.74 Å². The maximum atomic E-state index is 12.3. The smallest absolute Gasteiger partial charge is 0.238 e. The van der Waals surface area contributed by atoms with E-state index in [9.17, 15) is 4.79 Å². The number of ether oxygens (including phenoxy) is 1. The molecule has 1 heterocycles. The minimum Gasteiger partial charge on any atom is -0.489 e. The summed E-state index contributed by atoms with van der Waals surface area (Å²) >= 11 is 0. The standard InChI is InChI=1S/C19H25N3O2/c1-15(2)24-18-7-5-4-6-17(18)21-19(23)14-22(3)13-10-16-8-11-20-12-9-16/h4-9,11-12,15H,10,13-14H2,1-3H3,(H,21,23). The van der Waals surface area contributed by atoms with Crippen molar-refractivity contribution in [3.05, 3.63) is 54.4 Å². The van der Waals surface area contributed by atoms with Gasteiger partial charge in [0, 0.05) is 18.9 Å². The number of rotatable bonds is 8. The van der Waals surface area contributed by atoms with Crippen LogP contribution in [0.5, 0.6) is 5.75 Å². The number of carbonyl (C=O) groups excluding carboxylic acids is 1. The molecule has 0 bridgehead atoms. The minimum absolute atomic E-state index is 0.0490. The first kappa shape index (κ1) is 17.9. The highest BCUT2D eigenvalue weighted by Crippen LogP contribution is 2.24. The van der Waals surface area contributed by atoms with Gasteiger partial charge in [0.2, 0.25) is 5.91 Å². The average Bonchev–Trinajstić information content (AvgIpc) is 2.55. The van der Waals surface area contributed by atoms with E-state index in [-0.39, 0.29) is 12.0 Å². The normalized spacial score (nSPS) is 10.9. The molecule has 1 aromatic carbocycles. The molecule has 0 aliphatic rings. The summed E-state index contributed by atoms with van der Waals surface area (Å²) in [5.41, 5.74) is 1.92. The van der Waals surface area contributed by atoms with Gasteiger partial charge in [-0.2, -0.15) is 0 Å². The van der Waals surface area contributed by atoms with Crippen molar-refractivity contribution in [2.24, 2.45) is 0 Å². The highest BCUT2D eigenvalue weighted by Gasteiger charge is 2.11. The fourth-order valence-corrected chi connectivity index (χ4v) is 2.31. The number of nitrogens with zero attached hydrogens (tertiary/aromatic N) is 2. The molecule has 0 radical (unpaired) electrons. The molecule has 0 aliphatic heterocycles. The molecule has 0 spiro atoms. The van der Waals surface area contributed by atoms with E-state index in [2.05, 4.69) is 10.3 Å². The van der Waals surface area contributed by atoms with E-state index in [1.165, 1.54) is 5.56 Å². The quantitative estimate of drug-likeness (QED) is 0.810. The van der Waals surface area contributed by atoms with Crippen LogP contribution in [0.1, 0.15) is 19.4 Å². The summed E-state index contributed by atoms with van der Waals surface area (Å²) in [7, 11) is 1.94. The average molecular weight is 327 g/mol. The van der Waals surface area contributed by atoms with Crippen LogP contribution in [0.15, 0.2) is 48.8 Å². The lowest BCUT2D eigenvalue weighted by Gasteiger charge is -2.18. The molecule has 2 rings (SSSR count). The Kier molecular flexibility index (Phi) is 6.75. The van der Waals surface area contributed by atoms with Gasteiger partial charge in [0.15, 0.2) is 0 Å². The lowest BCUT2D eigenvalue weighted by molar-refractivity contribution is -0.117. The van der Waals surface area contributed by atoms with Gasteiger partial charge in [0.05, 0.1) is 18.3 Å². The summed E-state index contributed by atoms with van der Waals surface area (Å²) in [6.07, 6.45) is 4.52. The number of carbonyl (C=O) groups is 1. The SMILES string of the molecule is CC(C)Oc1ccccc1NC(=O)CN(C)CCc1ccncc1. The van der Waals surface area contributed by atoms with Crippen LogP contribution in [0.4, 0.5) is 5.69 Å². The summed E-state index contributed by atoms with van der Waals surface area (Å²) < 4.78 is 5.72. The third kappa shape index (κ3) is 6.01. The van der Waals surface area contributed by atoms with Gasteiger partial charge in [-0.1, -0.05) is 12.1 Å².